The van der Waals surface area contributed by atoms with Crippen LogP contribution in [0, 0.1) is 23.2 Å². The minimum atomic E-state index is 0.160. The van der Waals surface area contributed by atoms with Crippen molar-refractivity contribution >= 4 is 17.7 Å². The van der Waals surface area contributed by atoms with E-state index in [2.05, 4.69) is 19.1 Å². The number of hydrogen-bond acceptors (Lipinski definition) is 3. The largest absolute Gasteiger partial charge is 0.338 e. The van der Waals surface area contributed by atoms with Gasteiger partial charge in [0.05, 0.1) is 6.07 Å². The maximum absolute atomic E-state index is 12.3. The number of allylic oxidation sites excluding steroid dienone is 1. The molecule has 21 heavy (non-hydrogen) atoms. The van der Waals surface area contributed by atoms with Crippen LogP contribution in [0.3, 0.4) is 0 Å². The molecule has 2 aliphatic rings. The van der Waals surface area contributed by atoms with Crippen LogP contribution in [0.5, 0.6) is 0 Å². The molecule has 0 aromatic carbocycles. The minimum Gasteiger partial charge on any atom is -0.338 e. The standard InChI is InChI=1S/C17H26N2OS/c1-2-19(13-16-4-3-11-21-16)17(20)10-9-14-5-7-15(12-18)8-6-14/h9-10,14-16H,2-8,11,13H2,1H3/b10-9+. The van der Waals surface area contributed by atoms with Gasteiger partial charge in [0, 0.05) is 24.3 Å². The Kier molecular flexibility index (Phi) is 6.63. The lowest BCUT2D eigenvalue weighted by Gasteiger charge is -2.24. The van der Waals surface area contributed by atoms with Crippen LogP contribution in [-0.4, -0.2) is 34.9 Å². The predicted molar refractivity (Wildman–Crippen MR) is 87.9 cm³/mol. The van der Waals surface area contributed by atoms with E-state index in [-0.39, 0.29) is 11.8 Å². The van der Waals surface area contributed by atoms with Gasteiger partial charge in [-0.25, -0.2) is 0 Å². The molecule has 4 heteroatoms. The first kappa shape index (κ1) is 16.4. The van der Waals surface area contributed by atoms with Gasteiger partial charge < -0.3 is 4.90 Å². The van der Waals surface area contributed by atoms with Crippen LogP contribution in [-0.2, 0) is 4.79 Å². The van der Waals surface area contributed by atoms with Crippen molar-refractivity contribution in [3.63, 3.8) is 0 Å². The van der Waals surface area contributed by atoms with Crippen LogP contribution >= 0.6 is 11.8 Å². The molecule has 0 aromatic heterocycles. The number of thioether (sulfide) groups is 1. The van der Waals surface area contributed by atoms with Crippen LogP contribution in [0.1, 0.15) is 45.4 Å². The molecule has 0 radical (unpaired) electrons. The lowest BCUT2D eigenvalue weighted by atomic mass is 9.82. The smallest absolute Gasteiger partial charge is 0.246 e. The molecule has 1 unspecified atom stereocenters. The number of carbonyl (C=O) groups excluding carboxylic acids is 1. The Morgan fingerprint density at radius 3 is 2.67 bits per heavy atom. The highest BCUT2D eigenvalue weighted by molar-refractivity contribution is 8.00. The van der Waals surface area contributed by atoms with Gasteiger partial charge in [0.1, 0.15) is 0 Å². The van der Waals surface area contributed by atoms with Crippen LogP contribution < -0.4 is 0 Å². The monoisotopic (exact) mass is 306 g/mol. The van der Waals surface area contributed by atoms with Gasteiger partial charge in [-0.3, -0.25) is 4.79 Å². The van der Waals surface area contributed by atoms with Crippen LogP contribution in [0.15, 0.2) is 12.2 Å². The Balaban J connectivity index is 1.78. The van der Waals surface area contributed by atoms with E-state index in [0.717, 1.165) is 38.8 Å². The highest BCUT2D eigenvalue weighted by atomic mass is 32.2. The molecule has 0 aromatic rings. The first-order valence-electron chi connectivity index (χ1n) is 8.21. The summed E-state index contributed by atoms with van der Waals surface area (Å²) in [6.45, 7) is 3.75. The van der Waals surface area contributed by atoms with E-state index >= 15 is 0 Å². The van der Waals surface area contributed by atoms with Gasteiger partial charge in [-0.2, -0.15) is 17.0 Å². The number of rotatable bonds is 5. The molecule has 2 rings (SSSR count). The maximum atomic E-state index is 12.3. The topological polar surface area (TPSA) is 44.1 Å². The summed E-state index contributed by atoms with van der Waals surface area (Å²) < 4.78 is 0. The lowest BCUT2D eigenvalue weighted by molar-refractivity contribution is -0.125. The van der Waals surface area contributed by atoms with Crippen LogP contribution in [0.4, 0.5) is 0 Å². The molecule has 1 atom stereocenters. The van der Waals surface area contributed by atoms with E-state index in [1.165, 1.54) is 18.6 Å². The molecule has 1 saturated carbocycles. The fourth-order valence-corrected chi connectivity index (χ4v) is 4.46. The summed E-state index contributed by atoms with van der Waals surface area (Å²) in [5.41, 5.74) is 0. The number of nitrogens with zero attached hydrogens (tertiary/aromatic N) is 2. The molecular weight excluding hydrogens is 280 g/mol. The van der Waals surface area contributed by atoms with Crippen molar-refractivity contribution in [2.75, 3.05) is 18.8 Å². The van der Waals surface area contributed by atoms with Crippen molar-refractivity contribution in [2.24, 2.45) is 11.8 Å². The SMILES string of the molecule is CCN(CC1CCCS1)C(=O)/C=C/C1CCC(C#N)CC1. The first-order chi connectivity index (χ1) is 10.2. The molecule has 2 fully saturated rings. The Morgan fingerprint density at radius 2 is 2.10 bits per heavy atom. The molecule has 116 valence electrons. The van der Waals surface area contributed by atoms with Crippen molar-refractivity contribution in [2.45, 2.75) is 50.7 Å². The van der Waals surface area contributed by atoms with Gasteiger partial charge in [-0.05, 0) is 63.2 Å². The summed E-state index contributed by atoms with van der Waals surface area (Å²) in [5.74, 6) is 2.12. The number of nitriles is 1. The average molecular weight is 306 g/mol. The second-order valence-electron chi connectivity index (χ2n) is 6.11. The Bertz CT molecular complexity index is 402. The quantitative estimate of drug-likeness (QED) is 0.729. The van der Waals surface area contributed by atoms with Gasteiger partial charge in [-0.15, -0.1) is 0 Å². The van der Waals surface area contributed by atoms with E-state index in [9.17, 15) is 4.79 Å². The minimum absolute atomic E-state index is 0.160. The van der Waals surface area contributed by atoms with E-state index < -0.39 is 0 Å². The van der Waals surface area contributed by atoms with Crippen molar-refractivity contribution < 1.29 is 4.79 Å². The van der Waals surface area contributed by atoms with Gasteiger partial charge in [0.15, 0.2) is 0 Å². The molecular formula is C17H26N2OS. The first-order valence-corrected chi connectivity index (χ1v) is 9.26. The van der Waals surface area contributed by atoms with E-state index in [4.69, 9.17) is 5.26 Å². The third-order valence-corrected chi connectivity index (χ3v) is 5.99. The maximum Gasteiger partial charge on any atom is 0.246 e. The Hall–Kier alpha value is -0.950. The van der Waals surface area contributed by atoms with E-state index in [1.54, 1.807) is 6.08 Å². The third kappa shape index (κ3) is 5.07. The number of amides is 1. The molecule has 3 nitrogen and oxygen atoms in total. The second kappa shape index (κ2) is 8.48. The van der Waals surface area contributed by atoms with Crippen molar-refractivity contribution in [1.29, 1.82) is 5.26 Å². The molecule has 0 spiro atoms. The van der Waals surface area contributed by atoms with E-state index in [1.807, 2.05) is 16.7 Å². The van der Waals surface area contributed by atoms with Crippen molar-refractivity contribution in [3.05, 3.63) is 12.2 Å². The number of likely N-dealkylation sites (N-methyl/N-ethyl adjacent to an activating group) is 1. The fraction of sp³-hybridized carbons (Fsp3) is 0.765. The molecule has 0 bridgehead atoms. The van der Waals surface area contributed by atoms with Gasteiger partial charge in [-0.1, -0.05) is 6.08 Å². The summed E-state index contributed by atoms with van der Waals surface area (Å²) in [6.07, 6.45) is 10.5. The Labute approximate surface area is 132 Å². The summed E-state index contributed by atoms with van der Waals surface area (Å²) in [4.78, 5) is 14.3. The van der Waals surface area contributed by atoms with Gasteiger partial charge >= 0.3 is 0 Å². The summed E-state index contributed by atoms with van der Waals surface area (Å²) in [7, 11) is 0. The summed E-state index contributed by atoms with van der Waals surface area (Å²) in [5, 5.41) is 9.54. The zero-order valence-electron chi connectivity index (χ0n) is 13.0. The normalized spacial score (nSPS) is 29.4. The van der Waals surface area contributed by atoms with Gasteiger partial charge in [0.25, 0.3) is 0 Å². The highest BCUT2D eigenvalue weighted by Gasteiger charge is 2.21. The van der Waals surface area contributed by atoms with Gasteiger partial charge in [0.2, 0.25) is 5.91 Å². The molecule has 1 aliphatic heterocycles. The van der Waals surface area contributed by atoms with E-state index in [0.29, 0.717) is 11.2 Å². The third-order valence-electron chi connectivity index (χ3n) is 4.61. The summed E-state index contributed by atoms with van der Waals surface area (Å²) >= 11 is 2.00. The van der Waals surface area contributed by atoms with Crippen LogP contribution in [0.2, 0.25) is 0 Å². The fourth-order valence-electron chi connectivity index (χ4n) is 3.17. The molecule has 1 aliphatic carbocycles. The lowest BCUT2D eigenvalue weighted by Crippen LogP contribution is -2.34. The number of carbonyl (C=O) groups is 1. The van der Waals surface area contributed by atoms with Crippen molar-refractivity contribution in [3.8, 4) is 6.07 Å². The number of hydrogen-bond donors (Lipinski definition) is 0. The molecule has 1 saturated heterocycles. The van der Waals surface area contributed by atoms with Crippen molar-refractivity contribution in [1.82, 2.24) is 4.90 Å². The second-order valence-corrected chi connectivity index (χ2v) is 7.52. The zero-order valence-corrected chi connectivity index (χ0v) is 13.8. The summed E-state index contributed by atoms with van der Waals surface area (Å²) in [6, 6.07) is 2.36. The highest BCUT2D eigenvalue weighted by Crippen LogP contribution is 2.29. The van der Waals surface area contributed by atoms with Crippen LogP contribution in [0.25, 0.3) is 0 Å². The predicted octanol–water partition coefficient (Wildman–Crippen LogP) is 3.62. The zero-order chi connectivity index (χ0) is 15.1. The Morgan fingerprint density at radius 1 is 1.33 bits per heavy atom. The molecule has 1 heterocycles. The molecule has 1 amide bonds. The average Bonchev–Trinajstić information content (AvgIpc) is 3.03. The molecule has 0 N–H and O–H groups in total.